The maximum absolute atomic E-state index is 11.5. The summed E-state index contributed by atoms with van der Waals surface area (Å²) in [6, 6.07) is 4.77. The quantitative estimate of drug-likeness (QED) is 0.439. The van der Waals surface area contributed by atoms with Gasteiger partial charge in [0.15, 0.2) is 0 Å². The first-order valence-electron chi connectivity index (χ1n) is 4.98. The van der Waals surface area contributed by atoms with Gasteiger partial charge in [0.25, 0.3) is 11.5 Å². The van der Waals surface area contributed by atoms with E-state index in [1.165, 1.54) is 12.1 Å². The Labute approximate surface area is 100 Å². The Hall–Kier alpha value is -2.41. The normalized spacial score (nSPS) is 23.5. The van der Waals surface area contributed by atoms with Crippen LogP contribution in [0.15, 0.2) is 24.3 Å². The summed E-state index contributed by atoms with van der Waals surface area (Å²) in [6.45, 7) is 0. The standard InChI is InChI=1S/C11H7NO6/c13-8-7(9(14)11(16)10(8)15)5-1-3-6(4-2-5)12(17)18/h1-4,7-8,13H. The number of benzene rings is 1. The molecule has 92 valence electrons. The predicted molar refractivity (Wildman–Crippen MR) is 56.9 cm³/mol. The summed E-state index contributed by atoms with van der Waals surface area (Å²) in [5.74, 6) is -4.61. The van der Waals surface area contributed by atoms with Crippen LogP contribution < -0.4 is 0 Å². The van der Waals surface area contributed by atoms with Gasteiger partial charge in [0.1, 0.15) is 6.10 Å². The molecular weight excluding hydrogens is 242 g/mol. The fraction of sp³-hybridized carbons (Fsp3) is 0.182. The number of Topliss-reactive ketones (excluding diaryl/α,β-unsaturated/α-hetero) is 3. The molecule has 18 heavy (non-hydrogen) atoms. The van der Waals surface area contributed by atoms with Crippen molar-refractivity contribution in [3.63, 3.8) is 0 Å². The number of nitrogens with zero attached hydrogens (tertiary/aromatic N) is 1. The van der Waals surface area contributed by atoms with Crippen molar-refractivity contribution in [1.29, 1.82) is 0 Å². The Morgan fingerprint density at radius 1 is 1.06 bits per heavy atom. The molecule has 0 heterocycles. The molecule has 1 saturated carbocycles. The summed E-state index contributed by atoms with van der Waals surface area (Å²) in [5, 5.41) is 20.0. The molecule has 0 aromatic heterocycles. The second-order valence-electron chi connectivity index (χ2n) is 3.83. The molecule has 1 aromatic carbocycles. The number of hydrogen-bond donors (Lipinski definition) is 1. The van der Waals surface area contributed by atoms with E-state index in [1.54, 1.807) is 0 Å². The van der Waals surface area contributed by atoms with Gasteiger partial charge < -0.3 is 5.11 Å². The minimum absolute atomic E-state index is 0.184. The van der Waals surface area contributed by atoms with Gasteiger partial charge in [-0.2, -0.15) is 0 Å². The minimum atomic E-state index is -1.70. The molecule has 7 heteroatoms. The van der Waals surface area contributed by atoms with Crippen LogP contribution in [-0.2, 0) is 14.4 Å². The largest absolute Gasteiger partial charge is 0.384 e. The highest BCUT2D eigenvalue weighted by Crippen LogP contribution is 2.29. The lowest BCUT2D eigenvalue weighted by Crippen LogP contribution is -2.21. The molecule has 0 bridgehead atoms. The Morgan fingerprint density at radius 3 is 2.00 bits per heavy atom. The van der Waals surface area contributed by atoms with Crippen molar-refractivity contribution in [2.75, 3.05) is 0 Å². The predicted octanol–water partition coefficient (Wildman–Crippen LogP) is -0.240. The molecule has 0 saturated heterocycles. The summed E-state index contributed by atoms with van der Waals surface area (Å²) >= 11 is 0. The average Bonchev–Trinajstić information content (AvgIpc) is 2.54. The van der Waals surface area contributed by atoms with Crippen LogP contribution in [0.25, 0.3) is 0 Å². The van der Waals surface area contributed by atoms with Gasteiger partial charge in [0.2, 0.25) is 11.6 Å². The lowest BCUT2D eigenvalue weighted by molar-refractivity contribution is -0.384. The van der Waals surface area contributed by atoms with Gasteiger partial charge in [-0.1, -0.05) is 12.1 Å². The lowest BCUT2D eigenvalue weighted by atomic mass is 9.94. The monoisotopic (exact) mass is 249 g/mol. The lowest BCUT2D eigenvalue weighted by Gasteiger charge is -2.10. The highest BCUT2D eigenvalue weighted by molar-refractivity contribution is 6.69. The highest BCUT2D eigenvalue weighted by Gasteiger charge is 2.48. The first kappa shape index (κ1) is 12.1. The fourth-order valence-corrected chi connectivity index (χ4v) is 1.83. The number of aliphatic hydroxyl groups excluding tert-OH is 1. The van der Waals surface area contributed by atoms with Gasteiger partial charge in [0, 0.05) is 12.1 Å². The van der Waals surface area contributed by atoms with Gasteiger partial charge in [-0.3, -0.25) is 24.5 Å². The fourth-order valence-electron chi connectivity index (χ4n) is 1.83. The third-order valence-electron chi connectivity index (χ3n) is 2.78. The van der Waals surface area contributed by atoms with Crippen LogP contribution in [0.1, 0.15) is 11.5 Å². The zero-order valence-corrected chi connectivity index (χ0v) is 8.90. The molecule has 1 fully saturated rings. The first-order chi connectivity index (χ1) is 8.43. The van der Waals surface area contributed by atoms with Crippen LogP contribution in [0.2, 0.25) is 0 Å². The van der Waals surface area contributed by atoms with Crippen molar-refractivity contribution in [1.82, 2.24) is 0 Å². The number of ketones is 3. The maximum Gasteiger partial charge on any atom is 0.269 e. The number of nitro benzene ring substituents is 1. The van der Waals surface area contributed by atoms with Crippen molar-refractivity contribution in [3.8, 4) is 0 Å². The van der Waals surface area contributed by atoms with Crippen molar-refractivity contribution in [3.05, 3.63) is 39.9 Å². The van der Waals surface area contributed by atoms with Gasteiger partial charge in [-0.25, -0.2) is 0 Å². The summed E-state index contributed by atoms with van der Waals surface area (Å²) in [4.78, 5) is 43.6. The molecule has 0 radical (unpaired) electrons. The van der Waals surface area contributed by atoms with E-state index in [4.69, 9.17) is 0 Å². The van der Waals surface area contributed by atoms with Gasteiger partial charge in [-0.15, -0.1) is 0 Å². The molecular formula is C11H7NO6. The summed E-state index contributed by atoms with van der Waals surface area (Å²) in [7, 11) is 0. The van der Waals surface area contributed by atoms with Crippen molar-refractivity contribution in [2.45, 2.75) is 12.0 Å². The topological polar surface area (TPSA) is 115 Å². The number of aliphatic hydroxyl groups is 1. The van der Waals surface area contributed by atoms with Crippen LogP contribution in [0, 0.1) is 10.1 Å². The van der Waals surface area contributed by atoms with E-state index in [2.05, 4.69) is 0 Å². The molecule has 2 unspecified atom stereocenters. The Morgan fingerprint density at radius 2 is 1.61 bits per heavy atom. The van der Waals surface area contributed by atoms with E-state index < -0.39 is 34.3 Å². The molecule has 0 aliphatic heterocycles. The van der Waals surface area contributed by atoms with Crippen LogP contribution in [0.4, 0.5) is 5.69 Å². The second-order valence-corrected chi connectivity index (χ2v) is 3.83. The average molecular weight is 249 g/mol. The zero-order chi connectivity index (χ0) is 13.4. The molecule has 1 N–H and O–H groups in total. The van der Waals surface area contributed by atoms with Gasteiger partial charge >= 0.3 is 0 Å². The smallest absolute Gasteiger partial charge is 0.269 e. The first-order valence-corrected chi connectivity index (χ1v) is 4.98. The van der Waals surface area contributed by atoms with Crippen LogP contribution in [0.3, 0.4) is 0 Å². The van der Waals surface area contributed by atoms with E-state index in [0.29, 0.717) is 0 Å². The van der Waals surface area contributed by atoms with Crippen LogP contribution in [0.5, 0.6) is 0 Å². The highest BCUT2D eigenvalue weighted by atomic mass is 16.6. The van der Waals surface area contributed by atoms with Crippen molar-refractivity contribution >= 4 is 23.0 Å². The zero-order valence-electron chi connectivity index (χ0n) is 8.90. The number of non-ortho nitro benzene ring substituents is 1. The van der Waals surface area contributed by atoms with E-state index >= 15 is 0 Å². The Balaban J connectivity index is 2.38. The number of carbonyl (C=O) groups excluding carboxylic acids is 3. The van der Waals surface area contributed by atoms with E-state index in [0.717, 1.165) is 12.1 Å². The van der Waals surface area contributed by atoms with Crippen LogP contribution >= 0.6 is 0 Å². The van der Waals surface area contributed by atoms with Crippen LogP contribution in [-0.4, -0.2) is 33.5 Å². The molecule has 1 aliphatic rings. The molecule has 1 aromatic rings. The third-order valence-corrected chi connectivity index (χ3v) is 2.78. The Kier molecular flexibility index (Phi) is 2.76. The summed E-state index contributed by atoms with van der Waals surface area (Å²) in [5.41, 5.74) is 0.0219. The maximum atomic E-state index is 11.5. The van der Waals surface area contributed by atoms with Crippen molar-refractivity contribution in [2.24, 2.45) is 0 Å². The van der Waals surface area contributed by atoms with Crippen molar-refractivity contribution < 1.29 is 24.4 Å². The number of carbonyl (C=O) groups is 3. The van der Waals surface area contributed by atoms with E-state index in [9.17, 15) is 29.6 Å². The van der Waals surface area contributed by atoms with Gasteiger partial charge in [0.05, 0.1) is 10.8 Å². The molecule has 2 atom stereocenters. The van der Waals surface area contributed by atoms with Gasteiger partial charge in [-0.05, 0) is 5.56 Å². The third kappa shape index (κ3) is 1.70. The SMILES string of the molecule is O=C1C(=O)C(O)C(c2ccc([N+](=O)[O-])cc2)C1=O. The summed E-state index contributed by atoms with van der Waals surface area (Å²) < 4.78 is 0. The number of nitro groups is 1. The van der Waals surface area contributed by atoms with E-state index in [1.807, 2.05) is 0 Å². The summed E-state index contributed by atoms with van der Waals surface area (Å²) in [6.07, 6.45) is -1.70. The molecule has 2 rings (SSSR count). The van der Waals surface area contributed by atoms with E-state index in [-0.39, 0.29) is 11.3 Å². The second kappa shape index (κ2) is 4.11. The molecule has 7 nitrogen and oxygen atoms in total. The molecule has 1 aliphatic carbocycles. The number of rotatable bonds is 2. The minimum Gasteiger partial charge on any atom is -0.384 e. The Bertz CT molecular complexity index is 561. The number of hydrogen-bond acceptors (Lipinski definition) is 6. The molecule has 0 spiro atoms. The molecule has 0 amide bonds.